The zero-order valence-electron chi connectivity index (χ0n) is 77.4. The number of para-hydroxylation sites is 2. The number of amides is 9. The molecule has 17 rings (SSSR count). The molecule has 2 fully saturated rings. The van der Waals surface area contributed by atoms with E-state index in [-0.39, 0.29) is 90.6 Å². The molecule has 11 heterocycles. The molecular formula is C98H109N19O20S4. The van der Waals surface area contributed by atoms with E-state index in [0.29, 0.717) is 242 Å². The largest absolute Gasteiger partial charge is 0.483 e. The van der Waals surface area contributed by atoms with E-state index in [9.17, 15) is 63.0 Å². The van der Waals surface area contributed by atoms with Gasteiger partial charge < -0.3 is 79.3 Å². The number of anilines is 5. The lowest BCUT2D eigenvalue weighted by Gasteiger charge is -2.30. The first-order valence-corrected chi connectivity index (χ1v) is 50.2. The fourth-order valence-corrected chi connectivity index (χ4v) is 21.2. The lowest BCUT2D eigenvalue weighted by Crippen LogP contribution is -2.52. The van der Waals surface area contributed by atoms with E-state index in [1.165, 1.54) is 55.1 Å². The number of fused-ring (bicyclic) bond motifs is 6. The van der Waals surface area contributed by atoms with Gasteiger partial charge in [0.05, 0.1) is 111 Å². The van der Waals surface area contributed by atoms with Gasteiger partial charge in [-0.05, 0) is 154 Å². The SMILES string of the molecule is C=C1c2cccc(OCC(=O)NCCCCNCCOCCOCCOCCNCCCc3sc(N4CCc5cccc(C(=O)Nc6nc7ccccc7s6)c5C4)nc3C(=O)O)c2C(=O)N1C1CCC(=O)NC1=O.O=C1CCC(N2Cc3c(NCCOCCOCCOCc4cn(CCCc5sc(N6CCc7cccc(C(=O)Nc8nc9ccccc9s8)c7C6)nc5C(=O)O)nn4)cccc3C2=O)C(=O)N1. The highest BCUT2D eigenvalue weighted by Gasteiger charge is 2.44. The number of hydrogen-bond acceptors (Lipinski definition) is 33. The Bertz CT molecular complexity index is 6330. The number of rotatable bonds is 50. The molecule has 2 atom stereocenters. The third-order valence-electron chi connectivity index (χ3n) is 24.3. The number of aryl methyl sites for hydroxylation is 3. The van der Waals surface area contributed by atoms with E-state index in [0.717, 1.165) is 84.6 Å². The molecule has 0 spiro atoms. The van der Waals surface area contributed by atoms with E-state index in [4.69, 9.17) is 33.2 Å². The second-order valence-electron chi connectivity index (χ2n) is 33.8. The number of nitrogens with one attached hydrogen (secondary N) is 8. The molecule has 39 nitrogen and oxygen atoms in total. The van der Waals surface area contributed by atoms with Crippen molar-refractivity contribution in [2.75, 3.05) is 157 Å². The van der Waals surface area contributed by atoms with Crippen molar-refractivity contribution in [3.8, 4) is 5.75 Å². The fraction of sp³-hybridized carbons (Fsp3) is 0.398. The molecule has 6 aliphatic heterocycles. The Morgan fingerprint density at radius 2 is 1.01 bits per heavy atom. The molecule has 0 saturated carbocycles. The fourth-order valence-electron chi connectivity index (χ4n) is 17.3. The number of benzene rings is 6. The maximum atomic E-state index is 13.5. The first-order valence-electron chi connectivity index (χ1n) is 46.9. The van der Waals surface area contributed by atoms with Crippen LogP contribution in [0.1, 0.15) is 163 Å². The number of unbranched alkanes of at least 4 members (excludes halogenated alkanes) is 1. The number of carboxylic acids is 2. The van der Waals surface area contributed by atoms with Gasteiger partial charge in [0, 0.05) is 127 Å². The zero-order chi connectivity index (χ0) is 98.1. The quantitative estimate of drug-likeness (QED) is 0.0125. The first-order chi connectivity index (χ1) is 68.7. The molecule has 9 amide bonds. The van der Waals surface area contributed by atoms with Crippen LogP contribution in [0.2, 0.25) is 0 Å². The Kier molecular flexibility index (Phi) is 35.1. The smallest absolute Gasteiger partial charge is 0.355 e. The zero-order valence-corrected chi connectivity index (χ0v) is 80.7. The van der Waals surface area contributed by atoms with E-state index < -0.39 is 41.7 Å². The molecular weight excluding hydrogens is 1890 g/mol. The molecule has 11 aromatic rings. The van der Waals surface area contributed by atoms with E-state index in [1.54, 1.807) is 35.0 Å². The van der Waals surface area contributed by atoms with Gasteiger partial charge in [-0.2, -0.15) is 0 Å². The van der Waals surface area contributed by atoms with Gasteiger partial charge >= 0.3 is 11.9 Å². The van der Waals surface area contributed by atoms with Gasteiger partial charge in [0.2, 0.25) is 23.6 Å². The minimum Gasteiger partial charge on any atom is -0.483 e. The number of aromatic nitrogens is 7. The number of carbonyl (C=O) groups excluding carboxylic acids is 9. The number of imide groups is 2. The maximum Gasteiger partial charge on any atom is 0.355 e. The summed E-state index contributed by atoms with van der Waals surface area (Å²) in [6.45, 7) is 15.5. The monoisotopic (exact) mass is 2000 g/mol. The van der Waals surface area contributed by atoms with Crippen LogP contribution in [0.25, 0.3) is 26.1 Å². The minimum atomic E-state index is -1.08. The Morgan fingerprint density at radius 3 is 1.59 bits per heavy atom. The van der Waals surface area contributed by atoms with Crippen LogP contribution in [0.5, 0.6) is 5.75 Å². The molecule has 5 aromatic heterocycles. The van der Waals surface area contributed by atoms with Crippen molar-refractivity contribution in [2.24, 2.45) is 0 Å². The van der Waals surface area contributed by atoms with Crippen LogP contribution in [-0.2, 0) is 111 Å². The molecule has 0 aliphatic carbocycles. The third kappa shape index (κ3) is 26.1. The highest BCUT2D eigenvalue weighted by atomic mass is 32.1. The Morgan fingerprint density at radius 1 is 0.496 bits per heavy atom. The molecule has 141 heavy (non-hydrogen) atoms. The minimum absolute atomic E-state index is 0.0411. The topological polar surface area (TPSA) is 484 Å². The number of thiazole rings is 4. The maximum absolute atomic E-state index is 13.5. The summed E-state index contributed by atoms with van der Waals surface area (Å²) in [6, 6.07) is 35.9. The molecule has 6 aliphatic rings. The second kappa shape index (κ2) is 49.2. The summed E-state index contributed by atoms with van der Waals surface area (Å²) in [5, 5.41) is 54.2. The number of piperidine rings is 2. The summed E-state index contributed by atoms with van der Waals surface area (Å²) in [5.41, 5.74) is 10.8. The number of aromatic carboxylic acids is 2. The van der Waals surface area contributed by atoms with Crippen molar-refractivity contribution in [2.45, 2.75) is 122 Å². The van der Waals surface area contributed by atoms with Gasteiger partial charge in [-0.15, -0.1) is 27.8 Å². The van der Waals surface area contributed by atoms with Gasteiger partial charge in [-0.1, -0.05) is 101 Å². The molecule has 0 bridgehead atoms. The number of ether oxygens (including phenoxy) is 7. The van der Waals surface area contributed by atoms with E-state index >= 15 is 0 Å². The summed E-state index contributed by atoms with van der Waals surface area (Å²) >= 11 is 5.62. The van der Waals surface area contributed by atoms with Crippen LogP contribution in [-0.4, -0.2) is 264 Å². The van der Waals surface area contributed by atoms with Crippen molar-refractivity contribution < 1.29 is 96.1 Å². The van der Waals surface area contributed by atoms with Crippen molar-refractivity contribution >= 4 is 163 Å². The average molecular weight is 2000 g/mol. The van der Waals surface area contributed by atoms with Crippen molar-refractivity contribution in [1.82, 2.24) is 71.3 Å². The molecule has 43 heteroatoms. The van der Waals surface area contributed by atoms with Crippen LogP contribution < -0.4 is 57.1 Å². The summed E-state index contributed by atoms with van der Waals surface area (Å²) < 4.78 is 43.4. The van der Waals surface area contributed by atoms with Crippen LogP contribution in [0.3, 0.4) is 0 Å². The number of carbonyl (C=O) groups is 11. The summed E-state index contributed by atoms with van der Waals surface area (Å²) in [4.78, 5) is 165. The van der Waals surface area contributed by atoms with Crippen LogP contribution in [0.15, 0.2) is 134 Å². The van der Waals surface area contributed by atoms with Crippen LogP contribution in [0, 0.1) is 0 Å². The number of carboxylic acid groups (broad SMARTS) is 2. The van der Waals surface area contributed by atoms with E-state index in [2.05, 4.69) is 84.3 Å². The molecule has 2 saturated heterocycles. The van der Waals surface area contributed by atoms with E-state index in [1.807, 2.05) is 102 Å². The molecule has 10 N–H and O–H groups in total. The third-order valence-corrected chi connectivity index (χ3v) is 28.5. The van der Waals surface area contributed by atoms with Gasteiger partial charge in [-0.25, -0.2) is 29.5 Å². The predicted octanol–water partition coefficient (Wildman–Crippen LogP) is 9.55. The van der Waals surface area contributed by atoms with Crippen molar-refractivity contribution in [3.63, 3.8) is 0 Å². The number of hydrogen-bond donors (Lipinski definition) is 10. The van der Waals surface area contributed by atoms with Crippen LogP contribution in [0.4, 0.5) is 26.2 Å². The first kappa shape index (κ1) is 101. The summed E-state index contributed by atoms with van der Waals surface area (Å²) in [6.07, 6.45) is 8.07. The highest BCUT2D eigenvalue weighted by molar-refractivity contribution is 7.22. The van der Waals surface area contributed by atoms with Crippen LogP contribution >= 0.6 is 45.3 Å². The van der Waals surface area contributed by atoms with Gasteiger partial charge in [-0.3, -0.25) is 74.0 Å². The molecule has 6 aromatic carbocycles. The van der Waals surface area contributed by atoms with Gasteiger partial charge in [0.25, 0.3) is 29.5 Å². The van der Waals surface area contributed by atoms with Gasteiger partial charge in [0.15, 0.2) is 38.5 Å². The van der Waals surface area contributed by atoms with Crippen molar-refractivity contribution in [1.29, 1.82) is 0 Å². The molecule has 740 valence electrons. The average Bonchev–Trinajstić information content (AvgIpc) is 1.35. The Balaban J connectivity index is 0.000000204. The lowest BCUT2D eigenvalue weighted by atomic mass is 9.94. The number of nitrogens with zero attached hydrogens (tertiary/aromatic N) is 11. The molecule has 2 unspecified atom stereocenters. The Labute approximate surface area is 826 Å². The second-order valence-corrected chi connectivity index (χ2v) is 38.0. The normalized spacial score (nSPS) is 15.5. The lowest BCUT2D eigenvalue weighted by molar-refractivity contribution is -0.138. The van der Waals surface area contributed by atoms with Gasteiger partial charge in [0.1, 0.15) is 23.5 Å². The molecule has 0 radical (unpaired) electrons. The highest BCUT2D eigenvalue weighted by Crippen LogP contribution is 2.42. The standard InChI is InChI=1S/C52H61N9O11S2.C46H48N10O9S2/c1-33-35-10-7-13-40(45(35)49(66)61(33)39-16-17-43(62)57-48(39)65)72-32-44(63)55-21-5-4-19-53-22-25-69-27-29-71-30-28-70-26-23-54-20-8-15-42-46(50(67)68)58-52(74-42)60-24-18-34-9-6-11-36(37(34)31-60)47(64)59-51-56-38-12-2-3-14-41(38)73-51;57-39-14-13-36(42(59)49-39)56-26-33-31(43(56)60)8-4-10-34(33)47-16-19-63-20-21-64-22-23-65-27-29-24-55(53-52-29)17-5-12-38-40(44(61)62)50-46(67-38)54-18-15-28-6-3-7-30(32(28)25-54)41(58)51-45-48-35-9-1-2-11-37(35)66-45/h2-3,6-7,9-14,39,53-54H,1,4-5,8,15-32H2,(H,55,63)(H,67,68)(H,56,59,64)(H,57,62,65);1-4,6-11,24,36,47H,5,12-23,25-27H2,(H,61,62)(H,48,51,58)(H,49,57,59). The van der Waals surface area contributed by atoms with Crippen molar-refractivity contribution in [3.05, 3.63) is 217 Å². The summed E-state index contributed by atoms with van der Waals surface area (Å²) in [5.74, 6) is -5.03. The summed E-state index contributed by atoms with van der Waals surface area (Å²) in [7, 11) is 0. The Hall–Kier alpha value is -13.3. The predicted molar refractivity (Wildman–Crippen MR) is 528 cm³/mol.